The Morgan fingerprint density at radius 1 is 1.12 bits per heavy atom. The Morgan fingerprint density at radius 3 is 2.69 bits per heavy atom. The minimum Gasteiger partial charge on any atom is -0.486 e. The van der Waals surface area contributed by atoms with Crippen molar-refractivity contribution in [3.05, 3.63) is 23.8 Å². The van der Waals surface area contributed by atoms with E-state index in [-0.39, 0.29) is 17.9 Å². The molecule has 138 valence electrons. The molecule has 2 unspecified atom stereocenters. The molecule has 0 aliphatic carbocycles. The van der Waals surface area contributed by atoms with Crippen molar-refractivity contribution >= 4 is 5.91 Å². The smallest absolute Gasteiger partial charge is 0.227 e. The summed E-state index contributed by atoms with van der Waals surface area (Å²) >= 11 is 0. The predicted molar refractivity (Wildman–Crippen MR) is 99.3 cm³/mol. The number of piperidine rings is 1. The molecule has 0 aromatic heterocycles. The first kappa shape index (κ1) is 17.2. The molecule has 2 fully saturated rings. The van der Waals surface area contributed by atoms with Crippen molar-refractivity contribution in [1.29, 1.82) is 0 Å². The third-order valence-electron chi connectivity index (χ3n) is 5.52. The van der Waals surface area contributed by atoms with Crippen molar-refractivity contribution in [3.8, 4) is 23.3 Å². The van der Waals surface area contributed by atoms with Crippen LogP contribution in [-0.2, 0) is 4.79 Å². The van der Waals surface area contributed by atoms with E-state index in [0.717, 1.165) is 43.1 Å². The van der Waals surface area contributed by atoms with Crippen LogP contribution in [0.4, 0.5) is 0 Å². The molecule has 0 saturated carbocycles. The molecule has 3 aliphatic heterocycles. The van der Waals surface area contributed by atoms with Crippen molar-refractivity contribution in [2.75, 3.05) is 39.9 Å². The van der Waals surface area contributed by atoms with Crippen molar-refractivity contribution in [3.63, 3.8) is 0 Å². The Morgan fingerprint density at radius 2 is 1.88 bits per heavy atom. The Bertz CT molecular complexity index is 731. The first-order chi connectivity index (χ1) is 12.7. The lowest BCUT2D eigenvalue weighted by molar-refractivity contribution is -0.130. The molecule has 2 saturated heterocycles. The number of nitrogens with zero attached hydrogens (tertiary/aromatic N) is 2. The Hall–Kier alpha value is -2.19. The number of hydrogen-bond acceptors (Lipinski definition) is 4. The number of benzene rings is 1. The van der Waals surface area contributed by atoms with Crippen LogP contribution < -0.4 is 9.47 Å². The average molecular weight is 354 g/mol. The molecule has 1 aromatic carbocycles. The summed E-state index contributed by atoms with van der Waals surface area (Å²) in [6.07, 6.45) is 4.65. The van der Waals surface area contributed by atoms with E-state index in [2.05, 4.69) is 16.7 Å². The fourth-order valence-electron chi connectivity index (χ4n) is 4.02. The fraction of sp³-hybridized carbons (Fsp3) is 0.571. The second kappa shape index (κ2) is 7.59. The van der Waals surface area contributed by atoms with E-state index in [1.165, 1.54) is 19.3 Å². The van der Waals surface area contributed by atoms with Crippen molar-refractivity contribution < 1.29 is 14.3 Å². The van der Waals surface area contributed by atoms with Crippen molar-refractivity contribution in [2.45, 2.75) is 31.7 Å². The molecule has 3 heterocycles. The van der Waals surface area contributed by atoms with Gasteiger partial charge in [-0.3, -0.25) is 4.79 Å². The van der Waals surface area contributed by atoms with Gasteiger partial charge in [-0.2, -0.15) is 0 Å². The van der Waals surface area contributed by atoms with Crippen LogP contribution in [-0.4, -0.2) is 61.6 Å². The number of ether oxygens (including phenoxy) is 2. The number of hydrogen-bond donors (Lipinski definition) is 0. The zero-order chi connectivity index (χ0) is 17.9. The SMILES string of the molecule is CN1C(=O)C(CN2CCCCC2)CC1C#Cc1ccc2c(c1)OCCO2. The van der Waals surface area contributed by atoms with E-state index in [1.807, 2.05) is 30.1 Å². The maximum atomic E-state index is 12.6. The highest BCUT2D eigenvalue weighted by Gasteiger charge is 2.37. The predicted octanol–water partition coefficient (Wildman–Crippen LogP) is 2.14. The zero-order valence-corrected chi connectivity index (χ0v) is 15.4. The molecule has 4 rings (SSSR count). The highest BCUT2D eigenvalue weighted by molar-refractivity contribution is 5.82. The molecule has 3 aliphatic rings. The van der Waals surface area contributed by atoms with Crippen LogP contribution in [0.15, 0.2) is 18.2 Å². The standard InChI is InChI=1S/C21H26N2O3/c1-22-18(14-17(21(22)24)15-23-9-3-2-4-10-23)7-5-16-6-8-19-20(13-16)26-12-11-25-19/h6,8,13,17-18H,2-4,9-12,14-15H2,1H3. The quantitative estimate of drug-likeness (QED) is 0.763. The molecule has 1 amide bonds. The largest absolute Gasteiger partial charge is 0.486 e. The number of carbonyl (C=O) groups is 1. The minimum atomic E-state index is -0.00880. The third kappa shape index (κ3) is 3.66. The van der Waals surface area contributed by atoms with Gasteiger partial charge in [-0.05, 0) is 50.6 Å². The van der Waals surface area contributed by atoms with E-state index in [1.54, 1.807) is 0 Å². The molecular formula is C21H26N2O3. The van der Waals surface area contributed by atoms with Crippen LogP contribution in [0.25, 0.3) is 0 Å². The molecule has 2 atom stereocenters. The minimum absolute atomic E-state index is 0.00880. The summed E-state index contributed by atoms with van der Waals surface area (Å²) < 4.78 is 11.2. The summed E-state index contributed by atoms with van der Waals surface area (Å²) in [5, 5.41) is 0. The molecule has 0 spiro atoms. The summed E-state index contributed by atoms with van der Waals surface area (Å²) in [6.45, 7) is 4.29. The number of amides is 1. The van der Waals surface area contributed by atoms with Gasteiger partial charge < -0.3 is 19.3 Å². The van der Waals surface area contributed by atoms with E-state index in [0.29, 0.717) is 13.2 Å². The Kier molecular flexibility index (Phi) is 5.03. The second-order valence-electron chi connectivity index (χ2n) is 7.39. The fourth-order valence-corrected chi connectivity index (χ4v) is 4.02. The van der Waals surface area contributed by atoms with E-state index in [9.17, 15) is 4.79 Å². The molecule has 1 aromatic rings. The van der Waals surface area contributed by atoms with Gasteiger partial charge in [0.15, 0.2) is 11.5 Å². The van der Waals surface area contributed by atoms with Gasteiger partial charge in [0.1, 0.15) is 13.2 Å². The third-order valence-corrected chi connectivity index (χ3v) is 5.52. The topological polar surface area (TPSA) is 42.0 Å². The molecule has 5 nitrogen and oxygen atoms in total. The zero-order valence-electron chi connectivity index (χ0n) is 15.4. The first-order valence-corrected chi connectivity index (χ1v) is 9.61. The van der Waals surface area contributed by atoms with Gasteiger partial charge >= 0.3 is 0 Å². The second-order valence-corrected chi connectivity index (χ2v) is 7.39. The number of rotatable bonds is 2. The number of carbonyl (C=O) groups excluding carboxylic acids is 1. The van der Waals surface area contributed by atoms with Gasteiger partial charge in [-0.1, -0.05) is 18.3 Å². The monoisotopic (exact) mass is 354 g/mol. The lowest BCUT2D eigenvalue weighted by Crippen LogP contribution is -2.37. The van der Waals surface area contributed by atoms with Crippen LogP contribution in [0.1, 0.15) is 31.2 Å². The summed E-state index contributed by atoms with van der Waals surface area (Å²) in [5.41, 5.74) is 0.898. The van der Waals surface area contributed by atoms with Crippen LogP contribution in [0, 0.1) is 17.8 Å². The maximum Gasteiger partial charge on any atom is 0.227 e. The van der Waals surface area contributed by atoms with Gasteiger partial charge in [0.2, 0.25) is 5.91 Å². The number of likely N-dealkylation sites (tertiary alicyclic amines) is 2. The van der Waals surface area contributed by atoms with Crippen LogP contribution >= 0.6 is 0 Å². The maximum absolute atomic E-state index is 12.6. The van der Waals surface area contributed by atoms with Crippen molar-refractivity contribution in [2.24, 2.45) is 5.92 Å². The van der Waals surface area contributed by atoms with E-state index in [4.69, 9.17) is 9.47 Å². The molecule has 0 N–H and O–H groups in total. The van der Waals surface area contributed by atoms with Crippen LogP contribution in [0.3, 0.4) is 0 Å². The molecule has 26 heavy (non-hydrogen) atoms. The average Bonchev–Trinajstić information content (AvgIpc) is 2.95. The van der Waals surface area contributed by atoms with Gasteiger partial charge in [0, 0.05) is 19.2 Å². The molecule has 0 bridgehead atoms. The van der Waals surface area contributed by atoms with Gasteiger partial charge in [0.25, 0.3) is 0 Å². The normalized spacial score (nSPS) is 25.7. The molecule has 5 heteroatoms. The summed E-state index contributed by atoms with van der Waals surface area (Å²) in [6, 6.07) is 5.76. The summed E-state index contributed by atoms with van der Waals surface area (Å²) in [5.74, 6) is 8.35. The van der Waals surface area contributed by atoms with E-state index >= 15 is 0 Å². The highest BCUT2D eigenvalue weighted by atomic mass is 16.6. The Labute approximate surface area is 155 Å². The van der Waals surface area contributed by atoms with Crippen LogP contribution in [0.2, 0.25) is 0 Å². The van der Waals surface area contributed by atoms with Crippen LogP contribution in [0.5, 0.6) is 11.5 Å². The summed E-state index contributed by atoms with van der Waals surface area (Å²) in [4.78, 5) is 16.8. The van der Waals surface area contributed by atoms with Gasteiger partial charge in [-0.15, -0.1) is 0 Å². The Balaban J connectivity index is 1.42. The van der Waals surface area contributed by atoms with Crippen molar-refractivity contribution in [1.82, 2.24) is 9.80 Å². The van der Waals surface area contributed by atoms with Gasteiger partial charge in [0.05, 0.1) is 12.0 Å². The lowest BCUT2D eigenvalue weighted by Gasteiger charge is -2.28. The molecule has 0 radical (unpaired) electrons. The lowest BCUT2D eigenvalue weighted by atomic mass is 10.0. The summed E-state index contributed by atoms with van der Waals surface area (Å²) in [7, 11) is 1.88. The first-order valence-electron chi connectivity index (χ1n) is 9.61. The molecular weight excluding hydrogens is 328 g/mol. The number of fused-ring (bicyclic) bond motifs is 1. The van der Waals surface area contributed by atoms with E-state index < -0.39 is 0 Å². The van der Waals surface area contributed by atoms with Gasteiger partial charge in [-0.25, -0.2) is 0 Å². The highest BCUT2D eigenvalue weighted by Crippen LogP contribution is 2.30.